The highest BCUT2D eigenvalue weighted by atomic mass is 32.1. The summed E-state index contributed by atoms with van der Waals surface area (Å²) in [6, 6.07) is 18.9. The fourth-order valence-corrected chi connectivity index (χ4v) is 4.16. The Morgan fingerprint density at radius 3 is 2.82 bits per heavy atom. The van der Waals surface area contributed by atoms with Crippen LogP contribution in [0.5, 0.6) is 0 Å². The van der Waals surface area contributed by atoms with Crippen molar-refractivity contribution >= 4 is 44.2 Å². The van der Waals surface area contributed by atoms with E-state index in [0.29, 0.717) is 5.58 Å². The Bertz CT molecular complexity index is 1270. The third-order valence-electron chi connectivity index (χ3n) is 4.63. The number of carbonyl (C=O) groups excluding carboxylic acids is 1. The van der Waals surface area contributed by atoms with Gasteiger partial charge < -0.3 is 9.73 Å². The number of para-hydroxylation sites is 1. The summed E-state index contributed by atoms with van der Waals surface area (Å²) >= 11 is 1.54. The van der Waals surface area contributed by atoms with Crippen molar-refractivity contribution in [3.63, 3.8) is 0 Å². The van der Waals surface area contributed by atoms with E-state index in [2.05, 4.69) is 15.3 Å². The van der Waals surface area contributed by atoms with Gasteiger partial charge in [0.1, 0.15) is 20.9 Å². The monoisotopic (exact) mass is 385 g/mol. The molecule has 0 aliphatic rings. The van der Waals surface area contributed by atoms with Crippen molar-refractivity contribution in [2.45, 2.75) is 6.92 Å². The van der Waals surface area contributed by atoms with E-state index in [-0.39, 0.29) is 11.7 Å². The average molecular weight is 385 g/mol. The van der Waals surface area contributed by atoms with Gasteiger partial charge in [-0.3, -0.25) is 4.79 Å². The van der Waals surface area contributed by atoms with Crippen LogP contribution in [-0.4, -0.2) is 15.9 Å². The van der Waals surface area contributed by atoms with Crippen molar-refractivity contribution in [3.05, 3.63) is 78.2 Å². The molecule has 0 aliphatic heterocycles. The maximum atomic E-state index is 12.7. The summed E-state index contributed by atoms with van der Waals surface area (Å²) in [4.78, 5) is 22.6. The number of benzene rings is 2. The number of carbonyl (C=O) groups is 1. The summed E-state index contributed by atoms with van der Waals surface area (Å²) in [6.45, 7) is 1.98. The minimum absolute atomic E-state index is 0.276. The second kappa shape index (κ2) is 6.58. The lowest BCUT2D eigenvalue weighted by Crippen LogP contribution is -2.12. The summed E-state index contributed by atoms with van der Waals surface area (Å²) in [5, 5.41) is 4.74. The Morgan fingerprint density at radius 1 is 1.07 bits per heavy atom. The first-order chi connectivity index (χ1) is 13.7. The zero-order valence-electron chi connectivity index (χ0n) is 15.0. The molecule has 0 fully saturated rings. The van der Waals surface area contributed by atoms with Gasteiger partial charge in [0.15, 0.2) is 5.76 Å². The molecule has 6 heteroatoms. The lowest BCUT2D eigenvalue weighted by molar-refractivity contribution is 0.0998. The predicted octanol–water partition coefficient (Wildman–Crippen LogP) is 5.67. The van der Waals surface area contributed by atoms with Crippen LogP contribution in [0.2, 0.25) is 0 Å². The molecule has 1 N–H and O–H groups in total. The molecule has 3 aromatic heterocycles. The molecule has 1 amide bonds. The molecule has 0 bridgehead atoms. The number of pyridine rings is 1. The molecule has 5 rings (SSSR count). The molecule has 28 heavy (non-hydrogen) atoms. The first kappa shape index (κ1) is 16.6. The van der Waals surface area contributed by atoms with Crippen molar-refractivity contribution in [2.75, 3.05) is 5.32 Å². The molecule has 2 aromatic carbocycles. The van der Waals surface area contributed by atoms with Gasteiger partial charge in [0.05, 0.1) is 0 Å². The molecule has 0 spiro atoms. The zero-order chi connectivity index (χ0) is 19.1. The van der Waals surface area contributed by atoms with E-state index in [1.165, 1.54) is 11.3 Å². The molecule has 0 atom stereocenters. The average Bonchev–Trinajstić information content (AvgIpc) is 3.33. The van der Waals surface area contributed by atoms with Gasteiger partial charge in [0.25, 0.3) is 5.91 Å². The Kier molecular flexibility index (Phi) is 3.91. The van der Waals surface area contributed by atoms with Gasteiger partial charge in [-0.05, 0) is 42.8 Å². The molecule has 0 saturated heterocycles. The van der Waals surface area contributed by atoms with E-state index in [4.69, 9.17) is 4.42 Å². The molecular weight excluding hydrogens is 370 g/mol. The molecule has 136 valence electrons. The van der Waals surface area contributed by atoms with Gasteiger partial charge in [-0.1, -0.05) is 41.7 Å². The van der Waals surface area contributed by atoms with Gasteiger partial charge in [0.2, 0.25) is 0 Å². The summed E-state index contributed by atoms with van der Waals surface area (Å²) in [5.41, 5.74) is 4.23. The second-order valence-electron chi connectivity index (χ2n) is 6.43. The summed E-state index contributed by atoms with van der Waals surface area (Å²) in [7, 11) is 0. The second-order valence-corrected chi connectivity index (χ2v) is 7.40. The number of amides is 1. The van der Waals surface area contributed by atoms with Crippen LogP contribution in [0.15, 0.2) is 71.3 Å². The lowest BCUT2D eigenvalue weighted by atomic mass is 10.1. The van der Waals surface area contributed by atoms with Crippen LogP contribution < -0.4 is 5.32 Å². The van der Waals surface area contributed by atoms with E-state index < -0.39 is 0 Å². The van der Waals surface area contributed by atoms with E-state index in [1.54, 1.807) is 12.3 Å². The highest BCUT2D eigenvalue weighted by Crippen LogP contribution is 2.34. The molecular formula is C22H15N3O2S. The van der Waals surface area contributed by atoms with Crippen molar-refractivity contribution in [1.82, 2.24) is 9.97 Å². The van der Waals surface area contributed by atoms with Gasteiger partial charge >= 0.3 is 0 Å². The Hall–Kier alpha value is -3.51. The lowest BCUT2D eigenvalue weighted by Gasteiger charge is -2.10. The van der Waals surface area contributed by atoms with Crippen LogP contribution >= 0.6 is 11.3 Å². The van der Waals surface area contributed by atoms with Crippen LogP contribution in [0.3, 0.4) is 0 Å². The standard InChI is InChI=1S/C22H15N3O2S/c1-13-15(21-25-17-9-5-11-23-22(17)28-21)7-4-8-16(13)24-20(26)19-12-14-6-2-3-10-18(14)27-19/h2-12H,1H3,(H,24,26). The number of hydrogen-bond acceptors (Lipinski definition) is 5. The number of nitrogens with zero attached hydrogens (tertiary/aromatic N) is 2. The Balaban J connectivity index is 1.49. The molecule has 0 unspecified atom stereocenters. The van der Waals surface area contributed by atoms with Crippen LogP contribution in [-0.2, 0) is 0 Å². The number of thiazole rings is 1. The fraction of sp³-hybridized carbons (Fsp3) is 0.0455. The third-order valence-corrected chi connectivity index (χ3v) is 5.64. The highest BCUT2D eigenvalue weighted by Gasteiger charge is 2.16. The van der Waals surface area contributed by atoms with Gasteiger partial charge in [-0.2, -0.15) is 0 Å². The van der Waals surface area contributed by atoms with E-state index in [1.807, 2.05) is 61.5 Å². The number of fused-ring (bicyclic) bond motifs is 2. The number of furan rings is 1. The van der Waals surface area contributed by atoms with Crippen molar-refractivity contribution in [1.29, 1.82) is 0 Å². The Labute approximate surface area is 164 Å². The van der Waals surface area contributed by atoms with E-state index in [0.717, 1.165) is 37.6 Å². The molecule has 0 aliphatic carbocycles. The molecule has 0 radical (unpaired) electrons. The fourth-order valence-electron chi connectivity index (χ4n) is 3.17. The normalized spacial score (nSPS) is 11.2. The Morgan fingerprint density at radius 2 is 1.96 bits per heavy atom. The topological polar surface area (TPSA) is 68.0 Å². The maximum absolute atomic E-state index is 12.7. The maximum Gasteiger partial charge on any atom is 0.291 e. The minimum Gasteiger partial charge on any atom is -0.451 e. The van der Waals surface area contributed by atoms with Crippen molar-refractivity contribution in [2.24, 2.45) is 0 Å². The minimum atomic E-state index is -0.276. The molecule has 5 aromatic rings. The van der Waals surface area contributed by atoms with Crippen LogP contribution in [0.1, 0.15) is 16.1 Å². The highest BCUT2D eigenvalue weighted by molar-refractivity contribution is 7.21. The van der Waals surface area contributed by atoms with Crippen molar-refractivity contribution < 1.29 is 9.21 Å². The largest absolute Gasteiger partial charge is 0.451 e. The van der Waals surface area contributed by atoms with E-state index in [9.17, 15) is 4.79 Å². The number of nitrogens with one attached hydrogen (secondary N) is 1. The van der Waals surface area contributed by atoms with Crippen LogP contribution in [0.4, 0.5) is 5.69 Å². The first-order valence-corrected chi connectivity index (χ1v) is 9.62. The van der Waals surface area contributed by atoms with E-state index >= 15 is 0 Å². The van der Waals surface area contributed by atoms with Crippen molar-refractivity contribution in [3.8, 4) is 10.6 Å². The first-order valence-electron chi connectivity index (χ1n) is 8.80. The van der Waals surface area contributed by atoms with Crippen LogP contribution in [0.25, 0.3) is 31.9 Å². The summed E-state index contributed by atoms with van der Waals surface area (Å²) in [5.74, 6) is 0.0117. The number of rotatable bonds is 3. The quantitative estimate of drug-likeness (QED) is 0.435. The number of aromatic nitrogens is 2. The van der Waals surface area contributed by atoms with Gasteiger partial charge in [-0.25, -0.2) is 9.97 Å². The predicted molar refractivity (Wildman–Crippen MR) is 112 cm³/mol. The molecule has 3 heterocycles. The van der Waals surface area contributed by atoms with Crippen LogP contribution in [0, 0.1) is 6.92 Å². The zero-order valence-corrected chi connectivity index (χ0v) is 15.8. The third kappa shape index (κ3) is 2.84. The summed E-state index contributed by atoms with van der Waals surface area (Å²) in [6.07, 6.45) is 1.77. The smallest absolute Gasteiger partial charge is 0.291 e. The van der Waals surface area contributed by atoms with Gasteiger partial charge in [0, 0.05) is 22.8 Å². The SMILES string of the molecule is Cc1c(NC(=O)c2cc3ccccc3o2)cccc1-c1nc2cccnc2s1. The van der Waals surface area contributed by atoms with Gasteiger partial charge in [-0.15, -0.1) is 0 Å². The number of hydrogen-bond donors (Lipinski definition) is 1. The molecule has 5 nitrogen and oxygen atoms in total. The number of anilines is 1. The molecule has 0 saturated carbocycles. The summed E-state index contributed by atoms with van der Waals surface area (Å²) < 4.78 is 5.67.